The average Bonchev–Trinajstić information content (AvgIpc) is 2.45. The van der Waals surface area contributed by atoms with E-state index in [0.717, 1.165) is 0 Å². The number of carbonyl (C=O) groups is 2. The van der Waals surface area contributed by atoms with Gasteiger partial charge in [0.2, 0.25) is 0 Å². The summed E-state index contributed by atoms with van der Waals surface area (Å²) in [5.74, 6) is -0.125. The zero-order valence-electron chi connectivity index (χ0n) is 18.4. The summed E-state index contributed by atoms with van der Waals surface area (Å²) >= 11 is 0. The van der Waals surface area contributed by atoms with Gasteiger partial charge in [-0.25, -0.2) is 0 Å². The smallest absolute Gasteiger partial charge is 0.155 e. The first-order chi connectivity index (χ1) is 12.8. The van der Waals surface area contributed by atoms with Crippen LogP contribution in [0.15, 0.2) is 23.7 Å². The normalized spacial score (nSPS) is 10.5. The second-order valence-electron chi connectivity index (χ2n) is 5.90. The van der Waals surface area contributed by atoms with Gasteiger partial charge in [-0.2, -0.15) is 0 Å². The fourth-order valence-corrected chi connectivity index (χ4v) is 1.35. The Bertz CT molecular complexity index is 387. The van der Waals surface area contributed by atoms with Crippen LogP contribution in [0.2, 0.25) is 0 Å². The van der Waals surface area contributed by atoms with Crippen LogP contribution in [0.5, 0.6) is 0 Å². The molecule has 0 saturated carbocycles. The van der Waals surface area contributed by atoms with Gasteiger partial charge in [-0.3, -0.25) is 14.5 Å². The van der Waals surface area contributed by atoms with Crippen molar-refractivity contribution in [1.29, 1.82) is 0 Å². The molecule has 0 aliphatic rings. The number of rotatable bonds is 8. The standard InChI is InChI=1S/C6H15NO3.2C5H8O2.C3H8O.Ti/c8-4-1-7(2-5-9)3-6-10;2*1-4(6)3-5(2)7;1-3(2)4;/h8-10H,1-6H2;2*3,6H,1-2H3;3-4H,1-2H3;/b;2*4-3-;;. The second-order valence-corrected chi connectivity index (χ2v) is 5.90. The van der Waals surface area contributed by atoms with E-state index in [1.807, 2.05) is 0 Å². The predicted octanol–water partition coefficient (Wildman–Crippen LogP) is 0.724. The number of allylic oxidation sites excluding steroid dienone is 4. The zero-order valence-corrected chi connectivity index (χ0v) is 20.0. The molecule has 9 nitrogen and oxygen atoms in total. The molecule has 0 bridgehead atoms. The Hall–Kier alpha value is -1.07. The van der Waals surface area contributed by atoms with Crippen molar-refractivity contribution in [3.63, 3.8) is 0 Å². The summed E-state index contributed by atoms with van der Waals surface area (Å²) in [6.45, 7) is 10.9. The van der Waals surface area contributed by atoms with Crippen molar-refractivity contribution >= 4 is 11.6 Å². The van der Waals surface area contributed by atoms with Gasteiger partial charge in [0, 0.05) is 59.6 Å². The van der Waals surface area contributed by atoms with Crippen molar-refractivity contribution in [3.8, 4) is 0 Å². The van der Waals surface area contributed by atoms with Crippen LogP contribution in [0, 0.1) is 0 Å². The van der Waals surface area contributed by atoms with Crippen molar-refractivity contribution in [2.24, 2.45) is 0 Å². The minimum Gasteiger partial charge on any atom is -0.512 e. The van der Waals surface area contributed by atoms with Gasteiger partial charge < -0.3 is 30.6 Å². The summed E-state index contributed by atoms with van der Waals surface area (Å²) in [6.07, 6.45) is 2.17. The molecule has 6 N–H and O–H groups in total. The Morgan fingerprint density at radius 2 is 0.966 bits per heavy atom. The maximum atomic E-state index is 10.0. The van der Waals surface area contributed by atoms with E-state index < -0.39 is 0 Å². The van der Waals surface area contributed by atoms with E-state index in [-0.39, 0.29) is 70.7 Å². The third-order valence-corrected chi connectivity index (χ3v) is 2.07. The number of ketones is 2. The molecule has 0 spiro atoms. The summed E-state index contributed by atoms with van der Waals surface area (Å²) in [4.78, 5) is 21.8. The first kappa shape index (κ1) is 38.5. The SMILES string of the molecule is CC(=O)/C=C(/C)O.CC(=O)/C=C(/C)O.CC(C)O.OCCN(CCO)CCO.[Ti]. The summed E-state index contributed by atoms with van der Waals surface area (Å²) in [5, 5.41) is 50.2. The minimum absolute atomic E-state index is 0. The minimum atomic E-state index is -0.167. The van der Waals surface area contributed by atoms with Crippen molar-refractivity contribution < 1.29 is 61.9 Å². The average molecular weight is 457 g/mol. The predicted molar refractivity (Wildman–Crippen MR) is 109 cm³/mol. The molecule has 0 atom stereocenters. The molecule has 0 rings (SSSR count). The van der Waals surface area contributed by atoms with Crippen molar-refractivity contribution in [2.75, 3.05) is 39.5 Å². The molecule has 29 heavy (non-hydrogen) atoms. The monoisotopic (exact) mass is 457 g/mol. The van der Waals surface area contributed by atoms with Gasteiger partial charge in [0.05, 0.1) is 31.3 Å². The van der Waals surface area contributed by atoms with E-state index in [2.05, 4.69) is 0 Å². The van der Waals surface area contributed by atoms with Crippen LogP contribution < -0.4 is 0 Å². The van der Waals surface area contributed by atoms with Crippen LogP contribution in [-0.4, -0.2) is 92.7 Å². The number of hydrogen-bond acceptors (Lipinski definition) is 9. The number of nitrogens with zero attached hydrogens (tertiary/aromatic N) is 1. The van der Waals surface area contributed by atoms with Gasteiger partial charge in [-0.15, -0.1) is 0 Å². The third kappa shape index (κ3) is 66.0. The Morgan fingerprint density at radius 1 is 0.759 bits per heavy atom. The molecule has 172 valence electrons. The molecule has 0 aliphatic carbocycles. The van der Waals surface area contributed by atoms with E-state index >= 15 is 0 Å². The molecule has 0 aromatic heterocycles. The Balaban J connectivity index is -0.0000000911. The molecule has 0 aliphatic heterocycles. The van der Waals surface area contributed by atoms with Crippen molar-refractivity contribution in [3.05, 3.63) is 23.7 Å². The largest absolute Gasteiger partial charge is 0.512 e. The molecular weight excluding hydrogens is 418 g/mol. The molecule has 0 radical (unpaired) electrons. The van der Waals surface area contributed by atoms with Gasteiger partial charge in [0.1, 0.15) is 0 Å². The first-order valence-corrected chi connectivity index (χ1v) is 8.82. The molecule has 0 amide bonds. The van der Waals surface area contributed by atoms with Crippen LogP contribution in [0.3, 0.4) is 0 Å². The molecule has 0 fully saturated rings. The number of aliphatic hydroxyl groups is 6. The fraction of sp³-hybridized carbons (Fsp3) is 0.684. The maximum Gasteiger partial charge on any atom is 0.155 e. The Morgan fingerprint density at radius 3 is 1.03 bits per heavy atom. The van der Waals surface area contributed by atoms with Crippen LogP contribution in [0.1, 0.15) is 41.5 Å². The van der Waals surface area contributed by atoms with Gasteiger partial charge in [0.15, 0.2) is 11.6 Å². The summed E-state index contributed by atoms with van der Waals surface area (Å²) < 4.78 is 0. The molecular formula is C19H39NO8Ti. The van der Waals surface area contributed by atoms with Crippen LogP contribution in [-0.2, 0) is 31.3 Å². The third-order valence-electron chi connectivity index (χ3n) is 2.07. The zero-order chi connectivity index (χ0) is 23.1. The molecule has 0 heterocycles. The van der Waals surface area contributed by atoms with Gasteiger partial charge in [0.25, 0.3) is 0 Å². The Kier molecular flexibility index (Phi) is 38.7. The van der Waals surface area contributed by atoms with Crippen LogP contribution in [0.4, 0.5) is 0 Å². The summed E-state index contributed by atoms with van der Waals surface area (Å²) in [7, 11) is 0. The van der Waals surface area contributed by atoms with E-state index in [0.29, 0.717) is 19.6 Å². The molecule has 0 aromatic rings. The topological polar surface area (TPSA) is 159 Å². The van der Waals surface area contributed by atoms with E-state index in [4.69, 9.17) is 30.6 Å². The number of hydrogen-bond donors (Lipinski definition) is 6. The molecule has 0 saturated heterocycles. The Labute approximate surface area is 189 Å². The van der Waals surface area contributed by atoms with Crippen molar-refractivity contribution in [2.45, 2.75) is 47.6 Å². The van der Waals surface area contributed by atoms with E-state index in [1.165, 1.54) is 39.8 Å². The molecule has 0 aromatic carbocycles. The van der Waals surface area contributed by atoms with Crippen molar-refractivity contribution in [1.82, 2.24) is 4.90 Å². The van der Waals surface area contributed by atoms with Crippen LogP contribution >= 0.6 is 0 Å². The maximum absolute atomic E-state index is 10.0. The van der Waals surface area contributed by atoms with Crippen LogP contribution in [0.25, 0.3) is 0 Å². The van der Waals surface area contributed by atoms with E-state index in [9.17, 15) is 9.59 Å². The summed E-state index contributed by atoms with van der Waals surface area (Å²) in [6, 6.07) is 0. The fourth-order valence-electron chi connectivity index (χ4n) is 1.35. The molecule has 0 unspecified atom stereocenters. The second kappa shape index (κ2) is 29.1. The first-order valence-electron chi connectivity index (χ1n) is 8.82. The summed E-state index contributed by atoms with van der Waals surface area (Å²) in [5.41, 5.74) is 0. The van der Waals surface area contributed by atoms with Gasteiger partial charge in [-0.1, -0.05) is 0 Å². The van der Waals surface area contributed by atoms with Gasteiger partial charge in [-0.05, 0) is 41.5 Å². The quantitative estimate of drug-likeness (QED) is 0.175. The van der Waals surface area contributed by atoms with E-state index in [1.54, 1.807) is 18.7 Å². The number of aliphatic hydroxyl groups excluding tert-OH is 6. The molecule has 10 heteroatoms. The van der Waals surface area contributed by atoms with Gasteiger partial charge >= 0.3 is 0 Å². The number of carbonyl (C=O) groups excluding carboxylic acids is 2.